The summed E-state index contributed by atoms with van der Waals surface area (Å²) in [5.41, 5.74) is 2.00. The first-order valence-electron chi connectivity index (χ1n) is 3.91. The molecule has 0 aliphatic carbocycles. The van der Waals surface area contributed by atoms with Crippen molar-refractivity contribution in [1.82, 2.24) is 0 Å². The summed E-state index contributed by atoms with van der Waals surface area (Å²) in [4.78, 5) is 4.12. The Kier molecular flexibility index (Phi) is 2.18. The van der Waals surface area contributed by atoms with Gasteiger partial charge in [-0.1, -0.05) is 29.8 Å². The molecule has 0 radical (unpaired) electrons. The maximum absolute atomic E-state index is 6.05. The van der Waals surface area contributed by atoms with Crippen LogP contribution in [0.15, 0.2) is 29.3 Å². The van der Waals surface area contributed by atoms with E-state index in [0.717, 1.165) is 11.3 Å². The second-order valence-electron chi connectivity index (χ2n) is 2.86. The van der Waals surface area contributed by atoms with Crippen LogP contribution in [-0.4, -0.2) is 17.2 Å². The molecule has 2 rings (SSSR count). The van der Waals surface area contributed by atoms with Crippen LogP contribution in [0.2, 0.25) is 0 Å². The number of halogens is 2. The molecule has 1 N–H and O–H groups in total. The summed E-state index contributed by atoms with van der Waals surface area (Å²) in [6.07, 6.45) is 1.74. The van der Waals surface area contributed by atoms with Crippen LogP contribution >= 0.6 is 23.2 Å². The number of fused-ring (bicyclic) bond motifs is 1. The third-order valence-corrected chi connectivity index (χ3v) is 2.72. The smallest absolute Gasteiger partial charge is 0.219 e. The van der Waals surface area contributed by atoms with Gasteiger partial charge in [0.05, 0.1) is 5.88 Å². The van der Waals surface area contributed by atoms with Crippen molar-refractivity contribution in [2.75, 3.05) is 11.2 Å². The van der Waals surface area contributed by atoms with E-state index in [4.69, 9.17) is 23.2 Å². The monoisotopic (exact) mass is 214 g/mol. The number of hydrogen-bond acceptors (Lipinski definition) is 2. The van der Waals surface area contributed by atoms with Gasteiger partial charge in [0.1, 0.15) is 0 Å². The van der Waals surface area contributed by atoms with Crippen LogP contribution in [0.5, 0.6) is 0 Å². The normalized spacial score (nSPS) is 25.1. The molecule has 1 aliphatic heterocycles. The molecule has 0 spiro atoms. The van der Waals surface area contributed by atoms with E-state index < -0.39 is 5.12 Å². The first-order chi connectivity index (χ1) is 6.23. The zero-order chi connectivity index (χ0) is 9.31. The number of benzene rings is 1. The molecule has 1 heterocycles. The lowest BCUT2D eigenvalue weighted by Gasteiger charge is -2.27. The highest BCUT2D eigenvalue weighted by Gasteiger charge is 2.27. The third kappa shape index (κ3) is 1.64. The molecule has 0 fully saturated rings. The van der Waals surface area contributed by atoms with Gasteiger partial charge in [0.15, 0.2) is 0 Å². The molecule has 1 aliphatic rings. The predicted octanol–water partition coefficient (Wildman–Crippen LogP) is 2.66. The maximum Gasteiger partial charge on any atom is 0.219 e. The lowest BCUT2D eigenvalue weighted by atomic mass is 10.1. The van der Waals surface area contributed by atoms with Gasteiger partial charge in [0.25, 0.3) is 0 Å². The Morgan fingerprint density at radius 2 is 2.15 bits per heavy atom. The zero-order valence-electron chi connectivity index (χ0n) is 6.80. The maximum atomic E-state index is 6.05. The van der Waals surface area contributed by atoms with Gasteiger partial charge >= 0.3 is 0 Å². The van der Waals surface area contributed by atoms with Gasteiger partial charge in [0.2, 0.25) is 5.12 Å². The van der Waals surface area contributed by atoms with Crippen LogP contribution in [-0.2, 0) is 0 Å². The molecule has 68 valence electrons. The molecule has 0 bridgehead atoms. The molecule has 1 unspecified atom stereocenters. The highest BCUT2D eigenvalue weighted by molar-refractivity contribution is 6.32. The van der Waals surface area contributed by atoms with Crippen LogP contribution in [0.3, 0.4) is 0 Å². The van der Waals surface area contributed by atoms with Crippen LogP contribution in [0.25, 0.3) is 0 Å². The number of aliphatic imine (C=N–C) groups is 1. The average molecular weight is 215 g/mol. The van der Waals surface area contributed by atoms with E-state index in [-0.39, 0.29) is 5.88 Å². The fraction of sp³-hybridized carbons (Fsp3) is 0.222. The predicted molar refractivity (Wildman–Crippen MR) is 57.0 cm³/mol. The van der Waals surface area contributed by atoms with Gasteiger partial charge in [-0.05, 0) is 6.07 Å². The van der Waals surface area contributed by atoms with Crippen molar-refractivity contribution in [2.24, 2.45) is 4.99 Å². The van der Waals surface area contributed by atoms with E-state index in [1.165, 1.54) is 0 Å². The molecule has 1 aromatic carbocycles. The van der Waals surface area contributed by atoms with Gasteiger partial charge in [0, 0.05) is 17.5 Å². The van der Waals surface area contributed by atoms with E-state index in [1.807, 2.05) is 24.3 Å². The minimum Gasteiger partial charge on any atom is -0.347 e. The largest absolute Gasteiger partial charge is 0.347 e. The Labute approximate surface area is 86.6 Å². The zero-order valence-corrected chi connectivity index (χ0v) is 8.31. The molecule has 0 aromatic heterocycles. The van der Waals surface area contributed by atoms with Gasteiger partial charge in [-0.3, -0.25) is 0 Å². The van der Waals surface area contributed by atoms with E-state index in [1.54, 1.807) is 6.21 Å². The first kappa shape index (κ1) is 8.85. The fourth-order valence-electron chi connectivity index (χ4n) is 1.20. The van der Waals surface area contributed by atoms with Crippen LogP contribution < -0.4 is 5.32 Å². The Hall–Kier alpha value is -0.730. The van der Waals surface area contributed by atoms with E-state index >= 15 is 0 Å². The highest BCUT2D eigenvalue weighted by Crippen LogP contribution is 2.28. The van der Waals surface area contributed by atoms with Crippen LogP contribution in [0.1, 0.15) is 5.56 Å². The Balaban J connectivity index is 2.39. The highest BCUT2D eigenvalue weighted by atomic mass is 35.5. The SMILES string of the molecule is ClCC1(Cl)N=Cc2ccccc2N1. The molecule has 0 amide bonds. The molecule has 0 saturated heterocycles. The number of alkyl halides is 2. The minimum absolute atomic E-state index is 0.236. The second-order valence-corrected chi connectivity index (χ2v) is 3.76. The lowest BCUT2D eigenvalue weighted by molar-refractivity contribution is 0.769. The van der Waals surface area contributed by atoms with Gasteiger partial charge in [-0.2, -0.15) is 0 Å². The summed E-state index contributed by atoms with van der Waals surface area (Å²) >= 11 is 11.7. The van der Waals surface area contributed by atoms with Crippen molar-refractivity contribution in [3.05, 3.63) is 29.8 Å². The molecule has 2 nitrogen and oxygen atoms in total. The first-order valence-corrected chi connectivity index (χ1v) is 4.82. The Morgan fingerprint density at radius 3 is 2.92 bits per heavy atom. The number of nitrogens with one attached hydrogen (secondary N) is 1. The van der Waals surface area contributed by atoms with Gasteiger partial charge in [-0.15, -0.1) is 11.6 Å². The fourth-order valence-corrected chi connectivity index (χ4v) is 1.49. The lowest BCUT2D eigenvalue weighted by Crippen LogP contribution is -2.34. The molecule has 4 heteroatoms. The summed E-state index contributed by atoms with van der Waals surface area (Å²) in [6, 6.07) is 7.81. The number of hydrogen-bond donors (Lipinski definition) is 1. The molecule has 1 atom stereocenters. The summed E-state index contributed by atoms with van der Waals surface area (Å²) < 4.78 is 0. The van der Waals surface area contributed by atoms with Crippen molar-refractivity contribution in [3.8, 4) is 0 Å². The number of para-hydroxylation sites is 1. The standard InChI is InChI=1S/C9H8Cl2N2/c10-6-9(11)12-5-7-3-1-2-4-8(7)13-9/h1-5,13H,6H2. The van der Waals surface area contributed by atoms with Crippen molar-refractivity contribution in [1.29, 1.82) is 0 Å². The van der Waals surface area contributed by atoms with Crippen LogP contribution in [0.4, 0.5) is 5.69 Å². The molecule has 1 aromatic rings. The molecular weight excluding hydrogens is 207 g/mol. The second kappa shape index (κ2) is 3.20. The summed E-state index contributed by atoms with van der Waals surface area (Å²) in [7, 11) is 0. The summed E-state index contributed by atoms with van der Waals surface area (Å²) in [5.74, 6) is 0.236. The Morgan fingerprint density at radius 1 is 1.38 bits per heavy atom. The minimum atomic E-state index is -0.879. The van der Waals surface area contributed by atoms with Crippen LogP contribution in [0, 0.1) is 0 Å². The van der Waals surface area contributed by atoms with Crippen molar-refractivity contribution < 1.29 is 0 Å². The summed E-state index contributed by atoms with van der Waals surface area (Å²) in [6.45, 7) is 0. The van der Waals surface area contributed by atoms with Crippen molar-refractivity contribution in [3.63, 3.8) is 0 Å². The van der Waals surface area contributed by atoms with E-state index in [9.17, 15) is 0 Å². The molecule has 13 heavy (non-hydrogen) atoms. The summed E-state index contributed by atoms with van der Waals surface area (Å²) in [5, 5.41) is 2.18. The van der Waals surface area contributed by atoms with E-state index in [2.05, 4.69) is 10.3 Å². The topological polar surface area (TPSA) is 24.4 Å². The van der Waals surface area contributed by atoms with Crippen molar-refractivity contribution in [2.45, 2.75) is 5.12 Å². The van der Waals surface area contributed by atoms with Gasteiger partial charge < -0.3 is 5.32 Å². The van der Waals surface area contributed by atoms with E-state index in [0.29, 0.717) is 0 Å². The quantitative estimate of drug-likeness (QED) is 0.565. The average Bonchev–Trinajstić information content (AvgIpc) is 2.18. The third-order valence-electron chi connectivity index (χ3n) is 1.87. The molecule has 0 saturated carbocycles. The number of anilines is 1. The number of nitrogens with zero attached hydrogens (tertiary/aromatic N) is 1. The van der Waals surface area contributed by atoms with Gasteiger partial charge in [-0.25, -0.2) is 4.99 Å². The van der Waals surface area contributed by atoms with Crippen molar-refractivity contribution >= 4 is 35.1 Å². The number of rotatable bonds is 1. The molecular formula is C9H8Cl2N2. The Bertz CT molecular complexity index is 351.